The summed E-state index contributed by atoms with van der Waals surface area (Å²) in [5.41, 5.74) is 2.87. The maximum Gasteiger partial charge on any atom is 0.252 e. The molecule has 0 N–H and O–H groups in total. The average molecular weight is 373 g/mol. The van der Waals surface area contributed by atoms with Crippen LogP contribution in [0.4, 0.5) is 4.39 Å². The number of hydrogen-bond acceptors (Lipinski definition) is 4. The lowest BCUT2D eigenvalue weighted by Crippen LogP contribution is -2.22. The van der Waals surface area contributed by atoms with E-state index in [1.807, 2.05) is 40.9 Å². The SMILES string of the molecule is CC.CSc1nc(-c2ccc(F)cc2C)c2ccc(=O)n(C(C)C)c2n1. The smallest absolute Gasteiger partial charge is 0.252 e. The Morgan fingerprint density at radius 2 is 1.81 bits per heavy atom. The Balaban J connectivity index is 0.00000117. The molecule has 0 bridgehead atoms. The molecular weight excluding hydrogens is 349 g/mol. The van der Waals surface area contributed by atoms with Gasteiger partial charge in [-0.1, -0.05) is 25.6 Å². The van der Waals surface area contributed by atoms with Gasteiger partial charge in [0.05, 0.1) is 5.69 Å². The van der Waals surface area contributed by atoms with E-state index in [2.05, 4.69) is 9.97 Å². The number of aryl methyl sites for hydroxylation is 1. The lowest BCUT2D eigenvalue weighted by Gasteiger charge is -2.16. The van der Waals surface area contributed by atoms with Crippen LogP contribution in [0.2, 0.25) is 0 Å². The Hall–Kier alpha value is -2.21. The molecule has 0 amide bonds. The number of hydrogen-bond donors (Lipinski definition) is 0. The van der Waals surface area contributed by atoms with Gasteiger partial charge < -0.3 is 0 Å². The number of pyridine rings is 1. The van der Waals surface area contributed by atoms with Crippen LogP contribution in [0, 0.1) is 12.7 Å². The molecule has 0 radical (unpaired) electrons. The highest BCUT2D eigenvalue weighted by Crippen LogP contribution is 2.30. The molecule has 0 atom stereocenters. The van der Waals surface area contributed by atoms with Crippen molar-refractivity contribution in [2.75, 3.05) is 6.26 Å². The molecular formula is C20H24FN3OS. The normalized spacial score (nSPS) is 10.8. The maximum absolute atomic E-state index is 13.5. The topological polar surface area (TPSA) is 47.8 Å². The highest BCUT2D eigenvalue weighted by Gasteiger charge is 2.16. The van der Waals surface area contributed by atoms with Crippen LogP contribution in [0.15, 0.2) is 40.3 Å². The molecule has 0 spiro atoms. The van der Waals surface area contributed by atoms with Crippen molar-refractivity contribution in [3.05, 3.63) is 52.1 Å². The summed E-state index contributed by atoms with van der Waals surface area (Å²) in [6.07, 6.45) is 1.89. The second-order valence-corrected chi connectivity index (χ2v) is 6.66. The van der Waals surface area contributed by atoms with E-state index in [-0.39, 0.29) is 17.4 Å². The molecule has 0 fully saturated rings. The molecule has 3 aromatic rings. The zero-order chi connectivity index (χ0) is 19.4. The third-order valence-corrected chi connectivity index (χ3v) is 4.45. The molecule has 6 heteroatoms. The molecule has 2 heterocycles. The molecule has 138 valence electrons. The van der Waals surface area contributed by atoms with Gasteiger partial charge in [-0.2, -0.15) is 0 Å². The van der Waals surface area contributed by atoms with E-state index < -0.39 is 0 Å². The monoisotopic (exact) mass is 373 g/mol. The first-order valence-corrected chi connectivity index (χ1v) is 9.88. The van der Waals surface area contributed by atoms with Crippen molar-refractivity contribution < 1.29 is 4.39 Å². The summed E-state index contributed by atoms with van der Waals surface area (Å²) in [5, 5.41) is 1.37. The van der Waals surface area contributed by atoms with Crippen LogP contribution in [0.3, 0.4) is 0 Å². The van der Waals surface area contributed by atoms with E-state index in [4.69, 9.17) is 0 Å². The van der Waals surface area contributed by atoms with Gasteiger partial charge in [-0.05, 0) is 56.9 Å². The van der Waals surface area contributed by atoms with Gasteiger partial charge in [0.25, 0.3) is 5.56 Å². The summed E-state index contributed by atoms with van der Waals surface area (Å²) in [7, 11) is 0. The number of aromatic nitrogens is 3. The Morgan fingerprint density at radius 1 is 1.12 bits per heavy atom. The summed E-state index contributed by atoms with van der Waals surface area (Å²) in [5.74, 6) is -0.279. The first-order chi connectivity index (χ1) is 12.4. The molecule has 4 nitrogen and oxygen atoms in total. The summed E-state index contributed by atoms with van der Waals surface area (Å²) < 4.78 is 15.1. The average Bonchev–Trinajstić information content (AvgIpc) is 2.62. The summed E-state index contributed by atoms with van der Waals surface area (Å²) in [6.45, 7) is 9.75. The first-order valence-electron chi connectivity index (χ1n) is 8.66. The highest BCUT2D eigenvalue weighted by atomic mass is 32.2. The minimum absolute atomic E-state index is 0.0204. The third-order valence-electron chi connectivity index (χ3n) is 3.91. The van der Waals surface area contributed by atoms with E-state index in [9.17, 15) is 9.18 Å². The van der Waals surface area contributed by atoms with Gasteiger partial charge in [0, 0.05) is 23.1 Å². The number of thioether (sulfide) groups is 1. The molecule has 0 saturated heterocycles. The van der Waals surface area contributed by atoms with Gasteiger partial charge in [-0.15, -0.1) is 0 Å². The second kappa shape index (κ2) is 8.45. The van der Waals surface area contributed by atoms with Crippen molar-refractivity contribution in [2.45, 2.75) is 45.8 Å². The zero-order valence-electron chi connectivity index (χ0n) is 16.0. The molecule has 0 aliphatic heterocycles. The van der Waals surface area contributed by atoms with Gasteiger partial charge >= 0.3 is 0 Å². The fraction of sp³-hybridized carbons (Fsp3) is 0.350. The lowest BCUT2D eigenvalue weighted by atomic mass is 10.0. The Kier molecular flexibility index (Phi) is 6.53. The molecule has 2 aromatic heterocycles. The molecule has 26 heavy (non-hydrogen) atoms. The number of benzene rings is 1. The molecule has 0 aliphatic carbocycles. The minimum atomic E-state index is -0.279. The van der Waals surface area contributed by atoms with E-state index in [1.54, 1.807) is 16.7 Å². The van der Waals surface area contributed by atoms with Gasteiger partial charge in [-0.25, -0.2) is 14.4 Å². The predicted octanol–water partition coefficient (Wildman–Crippen LogP) is 5.24. The molecule has 0 saturated carbocycles. The molecule has 0 aliphatic rings. The highest BCUT2D eigenvalue weighted by molar-refractivity contribution is 7.98. The van der Waals surface area contributed by atoms with Crippen LogP contribution < -0.4 is 5.56 Å². The standard InChI is InChI=1S/C18H18FN3OS.C2H6/c1-10(2)22-15(23)8-7-14-16(20-18(24-4)21-17(14)22)13-6-5-12(19)9-11(13)3;1-2/h5-10H,1-4H3;1-2H3. The largest absolute Gasteiger partial charge is 0.290 e. The van der Waals surface area contributed by atoms with Crippen LogP contribution in [-0.2, 0) is 0 Å². The number of fused-ring (bicyclic) bond motifs is 1. The molecule has 3 rings (SSSR count). The minimum Gasteiger partial charge on any atom is -0.290 e. The van der Waals surface area contributed by atoms with Crippen molar-refractivity contribution in [2.24, 2.45) is 0 Å². The third kappa shape index (κ3) is 3.80. The van der Waals surface area contributed by atoms with Crippen molar-refractivity contribution in [3.63, 3.8) is 0 Å². The number of halogens is 1. The van der Waals surface area contributed by atoms with Crippen molar-refractivity contribution in [1.29, 1.82) is 0 Å². The van der Waals surface area contributed by atoms with E-state index in [0.29, 0.717) is 10.8 Å². The number of rotatable bonds is 3. The van der Waals surface area contributed by atoms with Crippen LogP contribution >= 0.6 is 11.8 Å². The van der Waals surface area contributed by atoms with Crippen molar-refractivity contribution >= 4 is 22.8 Å². The van der Waals surface area contributed by atoms with Gasteiger partial charge in [0.1, 0.15) is 11.5 Å². The first kappa shape index (κ1) is 20.1. The Labute approximate surface area is 157 Å². The fourth-order valence-electron chi connectivity index (χ4n) is 2.80. The fourth-order valence-corrected chi connectivity index (χ4v) is 3.16. The van der Waals surface area contributed by atoms with Gasteiger partial charge in [-0.3, -0.25) is 9.36 Å². The van der Waals surface area contributed by atoms with Crippen molar-refractivity contribution in [1.82, 2.24) is 14.5 Å². The van der Waals surface area contributed by atoms with E-state index >= 15 is 0 Å². The van der Waals surface area contributed by atoms with Crippen LogP contribution in [-0.4, -0.2) is 20.8 Å². The summed E-state index contributed by atoms with van der Waals surface area (Å²) in [6, 6.07) is 7.90. The van der Waals surface area contributed by atoms with Gasteiger partial charge in [0.15, 0.2) is 5.16 Å². The molecule has 1 aromatic carbocycles. The quantitative estimate of drug-likeness (QED) is 0.466. The lowest BCUT2D eigenvalue weighted by molar-refractivity contribution is 0.593. The summed E-state index contributed by atoms with van der Waals surface area (Å²) >= 11 is 1.42. The summed E-state index contributed by atoms with van der Waals surface area (Å²) in [4.78, 5) is 21.5. The zero-order valence-corrected chi connectivity index (χ0v) is 16.8. The van der Waals surface area contributed by atoms with E-state index in [1.165, 1.54) is 30.0 Å². The van der Waals surface area contributed by atoms with Crippen LogP contribution in [0.25, 0.3) is 22.3 Å². The number of nitrogens with zero attached hydrogens (tertiary/aromatic N) is 3. The van der Waals surface area contributed by atoms with Gasteiger partial charge in [0.2, 0.25) is 0 Å². The van der Waals surface area contributed by atoms with E-state index in [0.717, 1.165) is 22.2 Å². The molecule has 0 unspecified atom stereocenters. The van der Waals surface area contributed by atoms with Crippen molar-refractivity contribution in [3.8, 4) is 11.3 Å². The maximum atomic E-state index is 13.5. The second-order valence-electron chi connectivity index (χ2n) is 5.89. The Bertz CT molecular complexity index is 983. The van der Waals surface area contributed by atoms with Crippen LogP contribution in [0.1, 0.15) is 39.3 Å². The van der Waals surface area contributed by atoms with Crippen LogP contribution in [0.5, 0.6) is 0 Å². The predicted molar refractivity (Wildman–Crippen MR) is 107 cm³/mol. The Morgan fingerprint density at radius 3 is 2.38 bits per heavy atom.